The van der Waals surface area contributed by atoms with Crippen molar-refractivity contribution in [1.82, 2.24) is 29.6 Å². The van der Waals surface area contributed by atoms with Gasteiger partial charge in [-0.05, 0) is 39.0 Å². The van der Waals surface area contributed by atoms with Crippen molar-refractivity contribution in [1.29, 1.82) is 0 Å². The summed E-state index contributed by atoms with van der Waals surface area (Å²) in [5.41, 5.74) is 3.50. The molecule has 4 heterocycles. The van der Waals surface area contributed by atoms with E-state index in [4.69, 9.17) is 0 Å². The van der Waals surface area contributed by atoms with Gasteiger partial charge in [0.15, 0.2) is 5.82 Å². The van der Waals surface area contributed by atoms with Gasteiger partial charge in [0.2, 0.25) is 0 Å². The normalized spacial score (nSPS) is 16.6. The van der Waals surface area contributed by atoms with Crippen LogP contribution in [0.25, 0.3) is 22.3 Å². The summed E-state index contributed by atoms with van der Waals surface area (Å²) in [5.74, 6) is 0.739. The van der Waals surface area contributed by atoms with Crippen molar-refractivity contribution in [2.24, 2.45) is 0 Å². The van der Waals surface area contributed by atoms with Crippen LogP contribution in [0, 0.1) is 0 Å². The minimum absolute atomic E-state index is 0.471. The first kappa shape index (κ1) is 15.0. The molecular formula is C17H21N7. The highest BCUT2D eigenvalue weighted by atomic mass is 15.3. The number of pyridine rings is 1. The van der Waals surface area contributed by atoms with Gasteiger partial charge in [-0.15, -0.1) is 0 Å². The summed E-state index contributed by atoms with van der Waals surface area (Å²) < 4.78 is 2.09. The van der Waals surface area contributed by atoms with E-state index in [-0.39, 0.29) is 0 Å². The zero-order chi connectivity index (χ0) is 16.5. The van der Waals surface area contributed by atoms with Crippen molar-refractivity contribution in [3.63, 3.8) is 0 Å². The smallest absolute Gasteiger partial charge is 0.154 e. The lowest BCUT2D eigenvalue weighted by Gasteiger charge is -2.28. The maximum atomic E-state index is 4.68. The fraction of sp³-hybridized carbons (Fsp3) is 0.412. The van der Waals surface area contributed by atoms with Crippen molar-refractivity contribution in [2.45, 2.75) is 18.9 Å². The maximum absolute atomic E-state index is 4.68. The third-order valence-corrected chi connectivity index (χ3v) is 4.65. The second-order valence-electron chi connectivity index (χ2n) is 6.27. The lowest BCUT2D eigenvalue weighted by atomic mass is 10.1. The van der Waals surface area contributed by atoms with Gasteiger partial charge in [0.1, 0.15) is 5.52 Å². The topological polar surface area (TPSA) is 71.8 Å². The van der Waals surface area contributed by atoms with Crippen LogP contribution in [0.15, 0.2) is 30.9 Å². The number of rotatable bonds is 3. The Morgan fingerprint density at radius 1 is 1.17 bits per heavy atom. The minimum atomic E-state index is 0.471. The molecule has 0 amide bonds. The average Bonchev–Trinajstić information content (AvgIpc) is 3.11. The first-order valence-electron chi connectivity index (χ1n) is 8.27. The van der Waals surface area contributed by atoms with E-state index in [9.17, 15) is 0 Å². The summed E-state index contributed by atoms with van der Waals surface area (Å²) in [7, 11) is 4.02. The standard InChI is InChI=1S/C17H21N7/c1-18-17-16-15(19-5-6-20-16)9-14(22-17)12-10-21-24(11-12)13-3-7-23(2)8-4-13/h5-6,9-11,13H,3-4,7-8H2,1-2H3,(H,18,22). The molecule has 0 atom stereocenters. The van der Waals surface area contributed by atoms with E-state index in [1.165, 1.54) is 0 Å². The van der Waals surface area contributed by atoms with Gasteiger partial charge < -0.3 is 10.2 Å². The molecule has 0 spiro atoms. The number of nitrogens with one attached hydrogen (secondary N) is 1. The predicted molar refractivity (Wildman–Crippen MR) is 93.9 cm³/mol. The van der Waals surface area contributed by atoms with Gasteiger partial charge in [-0.2, -0.15) is 5.10 Å². The first-order chi connectivity index (χ1) is 11.7. The number of hydrogen-bond donors (Lipinski definition) is 1. The SMILES string of the molecule is CNc1nc(-c2cnn(C3CCN(C)CC3)c2)cc2nccnc12. The molecule has 0 saturated carbocycles. The second kappa shape index (κ2) is 6.16. The van der Waals surface area contributed by atoms with Crippen LogP contribution in [0.5, 0.6) is 0 Å². The van der Waals surface area contributed by atoms with Gasteiger partial charge in [-0.1, -0.05) is 0 Å². The molecule has 7 nitrogen and oxygen atoms in total. The molecule has 124 valence electrons. The van der Waals surface area contributed by atoms with Crippen LogP contribution in [-0.2, 0) is 0 Å². The quantitative estimate of drug-likeness (QED) is 0.797. The molecule has 1 aliphatic rings. The highest BCUT2D eigenvalue weighted by molar-refractivity contribution is 5.88. The molecule has 0 radical (unpaired) electrons. The lowest BCUT2D eigenvalue weighted by molar-refractivity contribution is 0.212. The molecule has 1 N–H and O–H groups in total. The van der Waals surface area contributed by atoms with Crippen molar-refractivity contribution < 1.29 is 0 Å². The highest BCUT2D eigenvalue weighted by Crippen LogP contribution is 2.27. The third-order valence-electron chi connectivity index (χ3n) is 4.65. The molecule has 0 unspecified atom stereocenters. The van der Waals surface area contributed by atoms with Crippen LogP contribution in [0.3, 0.4) is 0 Å². The number of fused-ring (bicyclic) bond motifs is 1. The van der Waals surface area contributed by atoms with Crippen molar-refractivity contribution in [3.05, 3.63) is 30.9 Å². The summed E-state index contributed by atoms with van der Waals surface area (Å²) >= 11 is 0. The van der Waals surface area contributed by atoms with Crippen molar-refractivity contribution in [3.8, 4) is 11.3 Å². The molecule has 3 aromatic heterocycles. The van der Waals surface area contributed by atoms with Crippen LogP contribution in [0.2, 0.25) is 0 Å². The van der Waals surface area contributed by atoms with Crippen molar-refractivity contribution in [2.75, 3.05) is 32.5 Å². The number of hydrogen-bond acceptors (Lipinski definition) is 6. The van der Waals surface area contributed by atoms with Crippen LogP contribution in [-0.4, -0.2) is 56.8 Å². The summed E-state index contributed by atoms with van der Waals surface area (Å²) in [6, 6.07) is 2.44. The summed E-state index contributed by atoms with van der Waals surface area (Å²) in [6.07, 6.45) is 9.64. The van der Waals surface area contributed by atoms with Gasteiger partial charge >= 0.3 is 0 Å². The van der Waals surface area contributed by atoms with Gasteiger partial charge in [0.25, 0.3) is 0 Å². The summed E-state index contributed by atoms with van der Waals surface area (Å²) in [4.78, 5) is 15.8. The molecule has 0 aromatic carbocycles. The Bertz CT molecular complexity index is 849. The number of piperidine rings is 1. The summed E-state index contributed by atoms with van der Waals surface area (Å²) in [5, 5.41) is 7.69. The van der Waals surface area contributed by atoms with E-state index >= 15 is 0 Å². The molecule has 1 aliphatic heterocycles. The Labute approximate surface area is 140 Å². The van der Waals surface area contributed by atoms with Gasteiger partial charge in [0.05, 0.1) is 23.4 Å². The summed E-state index contributed by atoms with van der Waals surface area (Å²) in [6.45, 7) is 2.24. The van der Waals surface area contributed by atoms with Crippen LogP contribution in [0.1, 0.15) is 18.9 Å². The Morgan fingerprint density at radius 3 is 2.75 bits per heavy atom. The van der Waals surface area contributed by atoms with E-state index < -0.39 is 0 Å². The molecule has 0 aliphatic carbocycles. The van der Waals surface area contributed by atoms with Crippen molar-refractivity contribution >= 4 is 16.9 Å². The molecule has 7 heteroatoms. The molecule has 4 rings (SSSR count). The third kappa shape index (κ3) is 2.71. The minimum Gasteiger partial charge on any atom is -0.371 e. The van der Waals surface area contributed by atoms with Crippen LogP contribution in [0.4, 0.5) is 5.82 Å². The largest absolute Gasteiger partial charge is 0.371 e. The predicted octanol–water partition coefficient (Wildman–Crippen LogP) is 2.20. The van der Waals surface area contributed by atoms with Gasteiger partial charge in [-0.3, -0.25) is 9.67 Å². The van der Waals surface area contributed by atoms with Gasteiger partial charge in [0, 0.05) is 31.2 Å². The molecule has 1 fully saturated rings. The van der Waals surface area contributed by atoms with E-state index in [0.717, 1.165) is 54.0 Å². The molecule has 0 bridgehead atoms. The highest BCUT2D eigenvalue weighted by Gasteiger charge is 2.19. The average molecular weight is 323 g/mol. The molecule has 3 aromatic rings. The van der Waals surface area contributed by atoms with E-state index in [1.807, 2.05) is 19.3 Å². The van der Waals surface area contributed by atoms with Crippen LogP contribution < -0.4 is 5.32 Å². The monoisotopic (exact) mass is 323 g/mol. The van der Waals surface area contributed by atoms with E-state index in [1.54, 1.807) is 12.4 Å². The van der Waals surface area contributed by atoms with E-state index in [2.05, 4.69) is 48.2 Å². The number of nitrogens with zero attached hydrogens (tertiary/aromatic N) is 6. The number of anilines is 1. The van der Waals surface area contributed by atoms with Crippen LogP contribution >= 0.6 is 0 Å². The number of aromatic nitrogens is 5. The Kier molecular flexibility index (Phi) is 3.86. The van der Waals surface area contributed by atoms with Gasteiger partial charge in [-0.25, -0.2) is 9.97 Å². The van der Waals surface area contributed by atoms with E-state index in [0.29, 0.717) is 6.04 Å². The molecule has 24 heavy (non-hydrogen) atoms. The fourth-order valence-corrected chi connectivity index (χ4v) is 3.22. The lowest BCUT2D eigenvalue weighted by Crippen LogP contribution is -2.31. The Morgan fingerprint density at radius 2 is 1.96 bits per heavy atom. The Hall–Kier alpha value is -2.54. The Balaban J connectivity index is 1.68. The zero-order valence-corrected chi connectivity index (χ0v) is 14.0. The first-order valence-corrected chi connectivity index (χ1v) is 8.27. The molecular weight excluding hydrogens is 302 g/mol. The zero-order valence-electron chi connectivity index (χ0n) is 14.0. The number of likely N-dealkylation sites (tertiary alicyclic amines) is 1. The second-order valence-corrected chi connectivity index (χ2v) is 6.27. The fourth-order valence-electron chi connectivity index (χ4n) is 3.22. The molecule has 1 saturated heterocycles. The maximum Gasteiger partial charge on any atom is 0.154 e.